The highest BCUT2D eigenvalue weighted by molar-refractivity contribution is 9.12. The third-order valence-electron chi connectivity index (χ3n) is 2.72. The molecule has 106 valence electrons. The molecule has 0 bridgehead atoms. The smallest absolute Gasteiger partial charge is 0.269 e. The van der Waals surface area contributed by atoms with E-state index >= 15 is 0 Å². The second-order valence-electron chi connectivity index (χ2n) is 4.18. The Morgan fingerprint density at radius 1 is 1.10 bits per heavy atom. The molecule has 21 heavy (non-hydrogen) atoms. The lowest BCUT2D eigenvalue weighted by Gasteiger charge is -2.00. The van der Waals surface area contributed by atoms with Gasteiger partial charge in [0.2, 0.25) is 0 Å². The van der Waals surface area contributed by atoms with Crippen LogP contribution in [0, 0.1) is 15.9 Å². The van der Waals surface area contributed by atoms with Crippen LogP contribution in [0.5, 0.6) is 0 Å². The number of rotatable bonds is 4. The van der Waals surface area contributed by atoms with Crippen molar-refractivity contribution in [3.63, 3.8) is 0 Å². The molecule has 2 rings (SSSR count). The van der Waals surface area contributed by atoms with Crippen LogP contribution in [0.15, 0.2) is 53.0 Å². The fourth-order valence-corrected chi connectivity index (χ4v) is 2.14. The fourth-order valence-electron chi connectivity index (χ4n) is 1.64. The number of benzene rings is 2. The van der Waals surface area contributed by atoms with E-state index < -0.39 is 10.7 Å². The SMILES string of the molecule is O=C(/C(Br)=C\c1ccc([N+](=O)[O-])cc1)c1ccc(F)cc1. The molecule has 0 atom stereocenters. The Labute approximate surface area is 128 Å². The number of hydrogen-bond acceptors (Lipinski definition) is 3. The first-order valence-corrected chi connectivity index (χ1v) is 6.68. The summed E-state index contributed by atoms with van der Waals surface area (Å²) in [6.45, 7) is 0. The zero-order valence-electron chi connectivity index (χ0n) is 10.6. The largest absolute Gasteiger partial charge is 0.288 e. The second kappa shape index (κ2) is 6.41. The highest BCUT2D eigenvalue weighted by atomic mass is 79.9. The van der Waals surface area contributed by atoms with E-state index in [0.29, 0.717) is 11.1 Å². The van der Waals surface area contributed by atoms with Crippen molar-refractivity contribution in [1.82, 2.24) is 0 Å². The van der Waals surface area contributed by atoms with E-state index in [9.17, 15) is 19.3 Å². The second-order valence-corrected chi connectivity index (χ2v) is 5.03. The normalized spacial score (nSPS) is 11.2. The van der Waals surface area contributed by atoms with Gasteiger partial charge in [0.25, 0.3) is 5.69 Å². The van der Waals surface area contributed by atoms with Crippen LogP contribution < -0.4 is 0 Å². The molecule has 0 aromatic heterocycles. The zero-order valence-corrected chi connectivity index (χ0v) is 12.2. The number of Topliss-reactive ketones (excluding diaryl/α,β-unsaturated/α-hetero) is 1. The molecule has 0 amide bonds. The lowest BCUT2D eigenvalue weighted by Crippen LogP contribution is -1.98. The first kappa shape index (κ1) is 15.1. The van der Waals surface area contributed by atoms with Crippen molar-refractivity contribution in [3.8, 4) is 0 Å². The molecule has 0 radical (unpaired) electrons. The number of non-ortho nitro benzene ring substituents is 1. The van der Waals surface area contributed by atoms with E-state index in [1.807, 2.05) is 0 Å². The van der Waals surface area contributed by atoms with Crippen molar-refractivity contribution in [1.29, 1.82) is 0 Å². The molecule has 0 saturated carbocycles. The molecule has 0 aliphatic heterocycles. The summed E-state index contributed by atoms with van der Waals surface area (Å²) in [5.74, 6) is -0.713. The van der Waals surface area contributed by atoms with Gasteiger partial charge in [0.15, 0.2) is 5.78 Å². The van der Waals surface area contributed by atoms with Crippen LogP contribution in [0.3, 0.4) is 0 Å². The lowest BCUT2D eigenvalue weighted by molar-refractivity contribution is -0.384. The molecule has 4 nitrogen and oxygen atoms in total. The molecule has 6 heteroatoms. The summed E-state index contributed by atoms with van der Waals surface area (Å²) >= 11 is 3.17. The topological polar surface area (TPSA) is 60.2 Å². The molecule has 2 aromatic carbocycles. The number of hydrogen-bond donors (Lipinski definition) is 0. The Kier molecular flexibility index (Phi) is 4.59. The zero-order chi connectivity index (χ0) is 15.4. The molecule has 0 N–H and O–H groups in total. The van der Waals surface area contributed by atoms with Crippen LogP contribution in [-0.4, -0.2) is 10.7 Å². The van der Waals surface area contributed by atoms with E-state index in [1.54, 1.807) is 6.08 Å². The minimum atomic E-state index is -0.494. The highest BCUT2D eigenvalue weighted by Gasteiger charge is 2.10. The van der Waals surface area contributed by atoms with Crippen LogP contribution in [0.2, 0.25) is 0 Å². The summed E-state index contributed by atoms with van der Waals surface area (Å²) < 4.78 is 13.1. The number of carbonyl (C=O) groups excluding carboxylic acids is 1. The predicted octanol–water partition coefficient (Wildman–Crippen LogP) is 4.35. The van der Waals surface area contributed by atoms with Gasteiger partial charge in [-0.1, -0.05) is 0 Å². The number of ketones is 1. The summed E-state index contributed by atoms with van der Waals surface area (Å²) in [7, 11) is 0. The maximum atomic E-state index is 12.8. The van der Waals surface area contributed by atoms with Crippen molar-refractivity contribution in [2.45, 2.75) is 0 Å². The molecular weight excluding hydrogens is 341 g/mol. The van der Waals surface area contributed by atoms with Gasteiger partial charge in [-0.15, -0.1) is 0 Å². The number of nitro groups is 1. The quantitative estimate of drug-likeness (QED) is 0.356. The maximum absolute atomic E-state index is 12.8. The van der Waals surface area contributed by atoms with E-state index in [4.69, 9.17) is 0 Å². The number of halogens is 2. The van der Waals surface area contributed by atoms with Crippen molar-refractivity contribution < 1.29 is 14.1 Å². The van der Waals surface area contributed by atoms with Gasteiger partial charge in [0.1, 0.15) is 5.82 Å². The van der Waals surface area contributed by atoms with Gasteiger partial charge >= 0.3 is 0 Å². The Morgan fingerprint density at radius 3 is 2.19 bits per heavy atom. The Balaban J connectivity index is 2.21. The molecule has 0 fully saturated rings. The summed E-state index contributed by atoms with van der Waals surface area (Å²) in [5.41, 5.74) is 0.970. The summed E-state index contributed by atoms with van der Waals surface area (Å²) in [6.07, 6.45) is 1.55. The monoisotopic (exact) mass is 349 g/mol. The highest BCUT2D eigenvalue weighted by Crippen LogP contribution is 2.20. The first-order valence-electron chi connectivity index (χ1n) is 5.89. The minimum absolute atomic E-state index is 0.0202. The molecule has 0 aliphatic rings. The van der Waals surface area contributed by atoms with Crippen molar-refractivity contribution in [2.75, 3.05) is 0 Å². The Morgan fingerprint density at radius 2 is 1.67 bits per heavy atom. The average Bonchev–Trinajstić information content (AvgIpc) is 2.47. The van der Waals surface area contributed by atoms with Gasteiger partial charge in [-0.3, -0.25) is 14.9 Å². The van der Waals surface area contributed by atoms with Gasteiger partial charge in [-0.05, 0) is 64.0 Å². The van der Waals surface area contributed by atoms with E-state index in [1.165, 1.54) is 48.5 Å². The van der Waals surface area contributed by atoms with Crippen molar-refractivity contribution in [3.05, 3.63) is 80.1 Å². The van der Waals surface area contributed by atoms with Crippen LogP contribution in [0.4, 0.5) is 10.1 Å². The Bertz CT molecular complexity index is 709. The molecule has 0 heterocycles. The van der Waals surface area contributed by atoms with Gasteiger partial charge in [-0.2, -0.15) is 0 Å². The fraction of sp³-hybridized carbons (Fsp3) is 0. The average molecular weight is 350 g/mol. The molecule has 0 aliphatic carbocycles. The van der Waals surface area contributed by atoms with E-state index in [2.05, 4.69) is 15.9 Å². The number of nitro benzene ring substituents is 1. The lowest BCUT2D eigenvalue weighted by atomic mass is 10.1. The third-order valence-corrected chi connectivity index (χ3v) is 3.31. The van der Waals surface area contributed by atoms with Gasteiger partial charge in [0.05, 0.1) is 9.41 Å². The standard InChI is InChI=1S/C15H9BrFNO3/c16-14(15(19)11-3-5-12(17)6-4-11)9-10-1-7-13(8-2-10)18(20)21/h1-9H/b14-9+. The van der Waals surface area contributed by atoms with Crippen LogP contribution in [0.25, 0.3) is 6.08 Å². The van der Waals surface area contributed by atoms with Crippen molar-refractivity contribution in [2.24, 2.45) is 0 Å². The molecular formula is C15H9BrFNO3. The number of allylic oxidation sites excluding steroid dienone is 1. The molecule has 0 unspecified atom stereocenters. The summed E-state index contributed by atoms with van der Waals surface area (Å²) in [5, 5.41) is 10.6. The molecule has 0 saturated heterocycles. The maximum Gasteiger partial charge on any atom is 0.269 e. The van der Waals surface area contributed by atoms with Crippen LogP contribution in [0.1, 0.15) is 15.9 Å². The summed E-state index contributed by atoms with van der Waals surface area (Å²) in [4.78, 5) is 22.1. The third kappa shape index (κ3) is 3.82. The van der Waals surface area contributed by atoms with Crippen LogP contribution >= 0.6 is 15.9 Å². The predicted molar refractivity (Wildman–Crippen MR) is 80.7 cm³/mol. The van der Waals surface area contributed by atoms with Gasteiger partial charge in [-0.25, -0.2) is 4.39 Å². The number of nitrogens with zero attached hydrogens (tertiary/aromatic N) is 1. The van der Waals surface area contributed by atoms with Crippen LogP contribution in [-0.2, 0) is 0 Å². The minimum Gasteiger partial charge on any atom is -0.288 e. The first-order chi connectivity index (χ1) is 9.97. The van der Waals surface area contributed by atoms with Gasteiger partial charge in [0, 0.05) is 17.7 Å². The van der Waals surface area contributed by atoms with Gasteiger partial charge < -0.3 is 0 Å². The van der Waals surface area contributed by atoms with Crippen molar-refractivity contribution >= 4 is 33.5 Å². The number of carbonyl (C=O) groups is 1. The summed E-state index contributed by atoms with van der Waals surface area (Å²) in [6, 6.07) is 11.0. The Hall–Kier alpha value is -2.34. The molecule has 2 aromatic rings. The van der Waals surface area contributed by atoms with E-state index in [-0.39, 0.29) is 16.0 Å². The molecule has 0 spiro atoms. The van der Waals surface area contributed by atoms with E-state index in [0.717, 1.165) is 0 Å².